The van der Waals surface area contributed by atoms with Gasteiger partial charge in [-0.05, 0) is 60.9 Å². The van der Waals surface area contributed by atoms with Crippen molar-refractivity contribution in [2.24, 2.45) is 0 Å². The van der Waals surface area contributed by atoms with Gasteiger partial charge in [0.2, 0.25) is 15.9 Å². The number of amides is 1. The molecule has 2 aromatic rings. The molecule has 2 aliphatic rings. The Balaban J connectivity index is 1.22. The zero-order valence-electron chi connectivity index (χ0n) is 17.0. The molecule has 1 amide bonds. The summed E-state index contributed by atoms with van der Waals surface area (Å²) in [6, 6.07) is 15.8. The van der Waals surface area contributed by atoms with Crippen LogP contribution in [0.25, 0.3) is 0 Å². The predicted molar refractivity (Wildman–Crippen MR) is 121 cm³/mol. The summed E-state index contributed by atoms with van der Waals surface area (Å²) in [5.41, 5.74) is 3.67. The lowest BCUT2D eigenvalue weighted by Crippen LogP contribution is -2.47. The highest BCUT2D eigenvalue weighted by Gasteiger charge is 2.28. The van der Waals surface area contributed by atoms with Crippen molar-refractivity contribution in [2.45, 2.75) is 48.8 Å². The van der Waals surface area contributed by atoms with Gasteiger partial charge in [0.15, 0.2) is 0 Å². The van der Waals surface area contributed by atoms with Crippen LogP contribution in [-0.2, 0) is 33.4 Å². The van der Waals surface area contributed by atoms with Crippen molar-refractivity contribution >= 4 is 27.7 Å². The fourth-order valence-electron chi connectivity index (χ4n) is 4.21. The van der Waals surface area contributed by atoms with Crippen LogP contribution in [0.5, 0.6) is 0 Å². The molecule has 0 spiro atoms. The second-order valence-corrected chi connectivity index (χ2v) is 11.1. The molecule has 0 saturated carbocycles. The first-order valence-corrected chi connectivity index (χ1v) is 13.1. The Morgan fingerprint density at radius 1 is 1.03 bits per heavy atom. The van der Waals surface area contributed by atoms with E-state index in [1.54, 1.807) is 16.1 Å². The highest BCUT2D eigenvalue weighted by atomic mass is 32.2. The molecule has 2 aromatic carbocycles. The number of nitrogens with one attached hydrogen (secondary N) is 1. The molecule has 1 aliphatic heterocycles. The molecule has 1 saturated heterocycles. The number of carbonyl (C=O) groups is 1. The third-order valence-electron chi connectivity index (χ3n) is 5.84. The number of thioether (sulfide) groups is 1. The van der Waals surface area contributed by atoms with Gasteiger partial charge in [-0.1, -0.05) is 36.4 Å². The van der Waals surface area contributed by atoms with E-state index >= 15 is 0 Å². The van der Waals surface area contributed by atoms with Crippen molar-refractivity contribution in [1.29, 1.82) is 0 Å². The number of nitrogens with zero attached hydrogens (tertiary/aromatic N) is 1. The number of hydrogen-bond acceptors (Lipinski definition) is 4. The number of benzene rings is 2. The molecule has 0 unspecified atom stereocenters. The molecule has 0 aromatic heterocycles. The van der Waals surface area contributed by atoms with Crippen LogP contribution in [0.1, 0.15) is 36.0 Å². The molecule has 1 fully saturated rings. The number of aryl methyl sites for hydroxylation is 2. The van der Waals surface area contributed by atoms with E-state index in [9.17, 15) is 13.2 Å². The van der Waals surface area contributed by atoms with E-state index in [4.69, 9.17) is 0 Å². The van der Waals surface area contributed by atoms with Gasteiger partial charge in [-0.3, -0.25) is 4.79 Å². The van der Waals surface area contributed by atoms with Crippen molar-refractivity contribution in [2.75, 3.05) is 18.8 Å². The largest absolute Gasteiger partial charge is 0.353 e. The molecular weight excluding hydrogens is 416 g/mol. The Bertz CT molecular complexity index is 985. The minimum Gasteiger partial charge on any atom is -0.353 e. The molecule has 0 atom stereocenters. The molecule has 1 N–H and O–H groups in total. The van der Waals surface area contributed by atoms with Crippen molar-refractivity contribution < 1.29 is 13.2 Å². The van der Waals surface area contributed by atoms with E-state index in [0.717, 1.165) is 16.9 Å². The second kappa shape index (κ2) is 9.54. The number of piperidine rings is 1. The van der Waals surface area contributed by atoms with Crippen LogP contribution in [0, 0.1) is 0 Å². The van der Waals surface area contributed by atoms with Gasteiger partial charge in [0.25, 0.3) is 0 Å². The molecule has 7 heteroatoms. The van der Waals surface area contributed by atoms with Crippen molar-refractivity contribution in [1.82, 2.24) is 9.62 Å². The Kier molecular flexibility index (Phi) is 6.80. The summed E-state index contributed by atoms with van der Waals surface area (Å²) in [6.45, 7) is 0.913. The van der Waals surface area contributed by atoms with Gasteiger partial charge in [-0.25, -0.2) is 12.7 Å². The second-order valence-electron chi connectivity index (χ2n) is 8.06. The van der Waals surface area contributed by atoms with E-state index in [-0.39, 0.29) is 17.7 Å². The zero-order valence-corrected chi connectivity index (χ0v) is 18.7. The van der Waals surface area contributed by atoms with Gasteiger partial charge < -0.3 is 5.32 Å². The topological polar surface area (TPSA) is 66.5 Å². The van der Waals surface area contributed by atoms with Crippen LogP contribution < -0.4 is 5.32 Å². The van der Waals surface area contributed by atoms with E-state index in [1.807, 2.05) is 30.3 Å². The molecule has 5 nitrogen and oxygen atoms in total. The van der Waals surface area contributed by atoms with Gasteiger partial charge >= 0.3 is 0 Å². The first-order valence-electron chi connectivity index (χ1n) is 10.6. The summed E-state index contributed by atoms with van der Waals surface area (Å²) < 4.78 is 26.9. The Morgan fingerprint density at radius 3 is 2.53 bits per heavy atom. The zero-order chi connectivity index (χ0) is 21.0. The molecular formula is C23H28N2O3S2. The average Bonchev–Trinajstić information content (AvgIpc) is 3.21. The van der Waals surface area contributed by atoms with Gasteiger partial charge in [0.05, 0.1) is 11.5 Å². The van der Waals surface area contributed by atoms with Crippen LogP contribution in [-0.4, -0.2) is 43.5 Å². The maximum Gasteiger partial charge on any atom is 0.230 e. The Labute approximate surface area is 183 Å². The highest BCUT2D eigenvalue weighted by Crippen LogP contribution is 2.27. The van der Waals surface area contributed by atoms with Crippen molar-refractivity contribution in [3.8, 4) is 0 Å². The summed E-state index contributed by atoms with van der Waals surface area (Å²) >= 11 is 1.57. The van der Waals surface area contributed by atoms with Crippen molar-refractivity contribution in [3.63, 3.8) is 0 Å². The minimum atomic E-state index is -3.32. The SMILES string of the molecule is O=C(CSc1ccc2c(c1)CCC2)NC1CCN(S(=O)(=O)Cc2ccccc2)CC1. The molecule has 0 bridgehead atoms. The standard InChI is InChI=1S/C23H28N2O3S2/c26-23(16-29-22-10-9-19-7-4-8-20(19)15-22)24-21-11-13-25(14-12-21)30(27,28)17-18-5-2-1-3-6-18/h1-3,5-6,9-10,15,21H,4,7-8,11-14,16-17H2,(H,24,26). The number of rotatable bonds is 7. The third-order valence-corrected chi connectivity index (χ3v) is 8.69. The first kappa shape index (κ1) is 21.4. The van der Waals surface area contributed by atoms with E-state index in [0.29, 0.717) is 31.7 Å². The lowest BCUT2D eigenvalue weighted by atomic mass is 10.1. The van der Waals surface area contributed by atoms with E-state index in [1.165, 1.54) is 24.0 Å². The summed E-state index contributed by atoms with van der Waals surface area (Å²) in [4.78, 5) is 13.5. The Morgan fingerprint density at radius 2 is 1.77 bits per heavy atom. The maximum absolute atomic E-state index is 12.7. The molecule has 160 valence electrons. The van der Waals surface area contributed by atoms with E-state index in [2.05, 4.69) is 23.5 Å². The normalized spacial score (nSPS) is 17.6. The lowest BCUT2D eigenvalue weighted by molar-refractivity contribution is -0.119. The molecule has 1 heterocycles. The molecule has 30 heavy (non-hydrogen) atoms. The Hall–Kier alpha value is -1.83. The molecule has 0 radical (unpaired) electrons. The number of hydrogen-bond donors (Lipinski definition) is 1. The fourth-order valence-corrected chi connectivity index (χ4v) is 6.55. The van der Waals surface area contributed by atoms with Gasteiger partial charge in [0, 0.05) is 24.0 Å². The van der Waals surface area contributed by atoms with Gasteiger partial charge in [-0.2, -0.15) is 0 Å². The summed E-state index contributed by atoms with van der Waals surface area (Å²) in [5, 5.41) is 3.08. The average molecular weight is 445 g/mol. The minimum absolute atomic E-state index is 0.0195. The molecule has 4 rings (SSSR count). The number of sulfonamides is 1. The van der Waals surface area contributed by atoms with Gasteiger partial charge in [-0.15, -0.1) is 11.8 Å². The van der Waals surface area contributed by atoms with Crippen LogP contribution in [0.4, 0.5) is 0 Å². The first-order chi connectivity index (χ1) is 14.5. The van der Waals surface area contributed by atoms with Crippen LogP contribution in [0.3, 0.4) is 0 Å². The summed E-state index contributed by atoms with van der Waals surface area (Å²) in [7, 11) is -3.32. The monoisotopic (exact) mass is 444 g/mol. The quantitative estimate of drug-likeness (QED) is 0.665. The van der Waals surface area contributed by atoms with Crippen LogP contribution in [0.15, 0.2) is 53.4 Å². The smallest absolute Gasteiger partial charge is 0.230 e. The number of fused-ring (bicyclic) bond motifs is 1. The predicted octanol–water partition coefficient (Wildman–Crippen LogP) is 3.38. The van der Waals surface area contributed by atoms with Crippen molar-refractivity contribution in [3.05, 3.63) is 65.2 Å². The third kappa shape index (κ3) is 5.45. The lowest BCUT2D eigenvalue weighted by Gasteiger charge is -2.31. The van der Waals surface area contributed by atoms with Crippen LogP contribution in [0.2, 0.25) is 0 Å². The maximum atomic E-state index is 12.7. The summed E-state index contributed by atoms with van der Waals surface area (Å²) in [5.74, 6) is 0.444. The van der Waals surface area contributed by atoms with Crippen LogP contribution >= 0.6 is 11.8 Å². The van der Waals surface area contributed by atoms with Gasteiger partial charge in [0.1, 0.15) is 0 Å². The van der Waals surface area contributed by atoms with E-state index < -0.39 is 10.0 Å². The summed E-state index contributed by atoms with van der Waals surface area (Å²) in [6.07, 6.45) is 4.85. The highest BCUT2D eigenvalue weighted by molar-refractivity contribution is 8.00. The fraction of sp³-hybridized carbons (Fsp3) is 0.435. The molecule has 1 aliphatic carbocycles. The number of carbonyl (C=O) groups excluding carboxylic acids is 1.